The quantitative estimate of drug-likeness (QED) is 0.838. The second-order valence-corrected chi connectivity index (χ2v) is 8.83. The van der Waals surface area contributed by atoms with Crippen LogP contribution in [-0.2, 0) is 4.79 Å². The van der Waals surface area contributed by atoms with E-state index in [0.29, 0.717) is 0 Å². The molecule has 134 valence electrons. The molecule has 1 aliphatic heterocycles. The van der Waals surface area contributed by atoms with Gasteiger partial charge in [0, 0.05) is 35.1 Å². The second-order valence-electron chi connectivity index (χ2n) is 7.99. The number of amides is 1. The second kappa shape index (κ2) is 7.16. The van der Waals surface area contributed by atoms with Gasteiger partial charge in [-0.2, -0.15) is 0 Å². The highest BCUT2D eigenvalue weighted by atomic mass is 32.1. The first-order valence-electron chi connectivity index (χ1n) is 8.95. The lowest BCUT2D eigenvalue weighted by Gasteiger charge is -2.30. The third-order valence-corrected chi connectivity index (χ3v) is 5.44. The van der Waals surface area contributed by atoms with Crippen LogP contribution >= 0.6 is 11.3 Å². The molecule has 0 bridgehead atoms. The molecule has 1 atom stereocenters. The molecular weight excluding hydrogens is 330 g/mol. The summed E-state index contributed by atoms with van der Waals surface area (Å²) in [5.74, 6) is 0.766. The number of anilines is 2. The van der Waals surface area contributed by atoms with Crippen LogP contribution in [0.3, 0.4) is 0 Å². The van der Waals surface area contributed by atoms with E-state index < -0.39 is 5.41 Å². The molecule has 3 rings (SSSR count). The number of benzene rings is 1. The summed E-state index contributed by atoms with van der Waals surface area (Å²) in [4.78, 5) is 19.3. The first-order chi connectivity index (χ1) is 11.8. The Kier molecular flexibility index (Phi) is 5.13. The van der Waals surface area contributed by atoms with Crippen molar-refractivity contribution in [2.45, 2.75) is 40.5 Å². The van der Waals surface area contributed by atoms with Crippen LogP contribution in [0.1, 0.15) is 40.5 Å². The highest BCUT2D eigenvalue weighted by molar-refractivity contribution is 7.14. The number of carbonyl (C=O) groups excluding carboxylic acids is 1. The maximum absolute atomic E-state index is 12.1. The third-order valence-electron chi connectivity index (χ3n) is 4.54. The lowest BCUT2D eigenvalue weighted by Crippen LogP contribution is -2.34. The Hall–Kier alpha value is -1.88. The fourth-order valence-electron chi connectivity index (χ4n) is 2.95. The number of thiazole rings is 1. The molecule has 2 aromatic rings. The van der Waals surface area contributed by atoms with Crippen molar-refractivity contribution in [3.8, 4) is 11.3 Å². The van der Waals surface area contributed by atoms with Crippen molar-refractivity contribution in [1.82, 2.24) is 4.98 Å². The standard InChI is InChI=1S/C20H27N3OS/c1-14-6-5-11-23(12-14)19-22-17(13-25-19)15-7-9-16(10-8-15)21-18(24)20(2,3)4/h7-10,13-14H,5-6,11-12H2,1-4H3,(H,21,24). The fraction of sp³-hybridized carbons (Fsp3) is 0.500. The van der Waals surface area contributed by atoms with Crippen LogP contribution in [0.25, 0.3) is 11.3 Å². The molecule has 1 aromatic heterocycles. The molecule has 1 amide bonds. The normalized spacial score (nSPS) is 18.2. The summed E-state index contributed by atoms with van der Waals surface area (Å²) >= 11 is 1.72. The molecule has 1 N–H and O–H groups in total. The van der Waals surface area contributed by atoms with Crippen molar-refractivity contribution in [3.63, 3.8) is 0 Å². The molecule has 0 saturated carbocycles. The minimum Gasteiger partial charge on any atom is -0.348 e. The van der Waals surface area contributed by atoms with E-state index in [1.165, 1.54) is 12.8 Å². The largest absolute Gasteiger partial charge is 0.348 e. The molecule has 1 aliphatic rings. The van der Waals surface area contributed by atoms with Crippen LogP contribution in [0, 0.1) is 11.3 Å². The number of hydrogen-bond donors (Lipinski definition) is 1. The van der Waals surface area contributed by atoms with Crippen molar-refractivity contribution in [2.75, 3.05) is 23.3 Å². The van der Waals surface area contributed by atoms with Crippen LogP contribution in [0.15, 0.2) is 29.6 Å². The van der Waals surface area contributed by atoms with Gasteiger partial charge >= 0.3 is 0 Å². The van der Waals surface area contributed by atoms with Crippen LogP contribution in [0.2, 0.25) is 0 Å². The Labute approximate surface area is 154 Å². The van der Waals surface area contributed by atoms with Gasteiger partial charge in [-0.25, -0.2) is 4.98 Å². The molecule has 1 fully saturated rings. The molecular formula is C20H27N3OS. The smallest absolute Gasteiger partial charge is 0.229 e. The number of hydrogen-bond acceptors (Lipinski definition) is 4. The topological polar surface area (TPSA) is 45.2 Å². The monoisotopic (exact) mass is 357 g/mol. The Balaban J connectivity index is 1.69. The van der Waals surface area contributed by atoms with Gasteiger partial charge in [0.25, 0.3) is 0 Å². The van der Waals surface area contributed by atoms with Crippen LogP contribution in [-0.4, -0.2) is 24.0 Å². The zero-order valence-electron chi connectivity index (χ0n) is 15.5. The van der Waals surface area contributed by atoms with Gasteiger partial charge in [-0.05, 0) is 30.9 Å². The van der Waals surface area contributed by atoms with E-state index in [-0.39, 0.29) is 5.91 Å². The molecule has 5 heteroatoms. The minimum absolute atomic E-state index is 0.0235. The highest BCUT2D eigenvalue weighted by Crippen LogP contribution is 2.31. The summed E-state index contributed by atoms with van der Waals surface area (Å²) in [6, 6.07) is 7.94. The third kappa shape index (κ3) is 4.40. The maximum Gasteiger partial charge on any atom is 0.229 e. The van der Waals surface area contributed by atoms with Gasteiger partial charge in [0.05, 0.1) is 5.69 Å². The fourth-order valence-corrected chi connectivity index (χ4v) is 3.82. The summed E-state index contributed by atoms with van der Waals surface area (Å²) in [6.45, 7) is 10.3. The Morgan fingerprint density at radius 3 is 2.64 bits per heavy atom. The zero-order valence-corrected chi connectivity index (χ0v) is 16.3. The Morgan fingerprint density at radius 2 is 2.00 bits per heavy atom. The SMILES string of the molecule is CC1CCCN(c2nc(-c3ccc(NC(=O)C(C)(C)C)cc3)cs2)C1. The summed E-state index contributed by atoms with van der Waals surface area (Å²) < 4.78 is 0. The molecule has 1 aromatic carbocycles. The number of nitrogens with zero attached hydrogens (tertiary/aromatic N) is 2. The molecule has 0 aliphatic carbocycles. The Bertz CT molecular complexity index is 730. The molecule has 25 heavy (non-hydrogen) atoms. The van der Waals surface area contributed by atoms with Gasteiger partial charge in [-0.1, -0.05) is 39.8 Å². The van der Waals surface area contributed by atoms with E-state index >= 15 is 0 Å². The molecule has 0 radical (unpaired) electrons. The van der Waals surface area contributed by atoms with Gasteiger partial charge < -0.3 is 10.2 Å². The molecule has 0 spiro atoms. The van der Waals surface area contributed by atoms with Crippen LogP contribution in [0.4, 0.5) is 10.8 Å². The maximum atomic E-state index is 12.1. The van der Waals surface area contributed by atoms with E-state index in [2.05, 4.69) is 22.5 Å². The zero-order chi connectivity index (χ0) is 18.0. The average molecular weight is 358 g/mol. The summed E-state index contributed by atoms with van der Waals surface area (Å²) in [7, 11) is 0. The Morgan fingerprint density at radius 1 is 1.28 bits per heavy atom. The van der Waals surface area contributed by atoms with Crippen LogP contribution in [0.5, 0.6) is 0 Å². The van der Waals surface area contributed by atoms with E-state index in [9.17, 15) is 4.79 Å². The van der Waals surface area contributed by atoms with Crippen molar-refractivity contribution in [1.29, 1.82) is 0 Å². The lowest BCUT2D eigenvalue weighted by molar-refractivity contribution is -0.123. The molecule has 1 unspecified atom stereocenters. The van der Waals surface area contributed by atoms with E-state index in [0.717, 1.165) is 41.1 Å². The first kappa shape index (κ1) is 17.9. The van der Waals surface area contributed by atoms with E-state index in [1.807, 2.05) is 45.0 Å². The minimum atomic E-state index is -0.395. The van der Waals surface area contributed by atoms with Gasteiger partial charge in [0.2, 0.25) is 5.91 Å². The first-order valence-corrected chi connectivity index (χ1v) is 9.83. The predicted octanol–water partition coefficient (Wildman–Crippen LogP) is 5.03. The average Bonchev–Trinajstić information content (AvgIpc) is 3.05. The summed E-state index contributed by atoms with van der Waals surface area (Å²) in [5.41, 5.74) is 2.52. The van der Waals surface area contributed by atoms with Crippen molar-refractivity contribution < 1.29 is 4.79 Å². The number of aromatic nitrogens is 1. The summed E-state index contributed by atoms with van der Waals surface area (Å²) in [6.07, 6.45) is 2.56. The number of piperidine rings is 1. The van der Waals surface area contributed by atoms with E-state index in [1.54, 1.807) is 11.3 Å². The number of rotatable bonds is 3. The number of nitrogens with one attached hydrogen (secondary N) is 1. The molecule has 2 heterocycles. The van der Waals surface area contributed by atoms with Crippen LogP contribution < -0.4 is 10.2 Å². The van der Waals surface area contributed by atoms with Crippen molar-refractivity contribution in [2.24, 2.45) is 11.3 Å². The van der Waals surface area contributed by atoms with Crippen molar-refractivity contribution in [3.05, 3.63) is 29.6 Å². The van der Waals surface area contributed by atoms with E-state index in [4.69, 9.17) is 4.98 Å². The number of carbonyl (C=O) groups is 1. The highest BCUT2D eigenvalue weighted by Gasteiger charge is 2.21. The predicted molar refractivity (Wildman–Crippen MR) is 106 cm³/mol. The molecule has 1 saturated heterocycles. The lowest BCUT2D eigenvalue weighted by atomic mass is 9.95. The van der Waals surface area contributed by atoms with Gasteiger partial charge in [0.1, 0.15) is 0 Å². The van der Waals surface area contributed by atoms with Gasteiger partial charge in [0.15, 0.2) is 5.13 Å². The van der Waals surface area contributed by atoms with Gasteiger partial charge in [-0.15, -0.1) is 11.3 Å². The molecule has 4 nitrogen and oxygen atoms in total. The van der Waals surface area contributed by atoms with Crippen molar-refractivity contribution >= 4 is 28.1 Å². The van der Waals surface area contributed by atoms with Gasteiger partial charge in [-0.3, -0.25) is 4.79 Å². The summed E-state index contributed by atoms with van der Waals surface area (Å²) in [5, 5.41) is 6.20.